The van der Waals surface area contributed by atoms with Gasteiger partial charge in [-0.15, -0.1) is 0 Å². The molecule has 0 aliphatic carbocycles. The lowest BCUT2D eigenvalue weighted by Gasteiger charge is -2.09. The Labute approximate surface area is 165 Å². The van der Waals surface area contributed by atoms with Crippen molar-refractivity contribution in [1.82, 2.24) is 15.8 Å². The number of nitrogens with zero attached hydrogens (tertiary/aromatic N) is 1. The first-order valence-corrected chi connectivity index (χ1v) is 8.64. The Bertz CT molecular complexity index is 996. The molecule has 2 aromatic carbocycles. The monoisotopic (exact) mass is 397 g/mol. The number of carbonyl (C=O) groups excluding carboxylic acids is 2. The number of ether oxygens (including phenoxy) is 1. The van der Waals surface area contributed by atoms with Crippen molar-refractivity contribution in [3.8, 4) is 17.2 Å². The number of aromatic hydroxyl groups is 1. The maximum atomic E-state index is 12.2. The summed E-state index contributed by atoms with van der Waals surface area (Å²) in [6.45, 7) is 0. The standard InChI is InChI=1S/C20H16ClN3O4/c21-16-10-13(6-7-18(16)25)11-19(26)23-24-20(27)17-12-15(8-9-22-17)28-14-4-2-1-3-5-14/h1-10,12,25H,11H2,(H,23,26)(H,24,27). The van der Waals surface area contributed by atoms with Crippen LogP contribution in [0.5, 0.6) is 17.2 Å². The van der Waals surface area contributed by atoms with Gasteiger partial charge in [0.2, 0.25) is 5.91 Å². The molecule has 0 aliphatic rings. The van der Waals surface area contributed by atoms with E-state index >= 15 is 0 Å². The zero-order valence-corrected chi connectivity index (χ0v) is 15.3. The number of aromatic nitrogens is 1. The van der Waals surface area contributed by atoms with Crippen LogP contribution in [0.1, 0.15) is 16.1 Å². The number of benzene rings is 2. The average molecular weight is 398 g/mol. The summed E-state index contributed by atoms with van der Waals surface area (Å²) in [7, 11) is 0. The highest BCUT2D eigenvalue weighted by molar-refractivity contribution is 6.32. The van der Waals surface area contributed by atoms with Crippen LogP contribution in [0.25, 0.3) is 0 Å². The fourth-order valence-electron chi connectivity index (χ4n) is 2.30. The molecule has 7 nitrogen and oxygen atoms in total. The van der Waals surface area contributed by atoms with Gasteiger partial charge in [0.05, 0.1) is 11.4 Å². The van der Waals surface area contributed by atoms with Crippen molar-refractivity contribution in [3.63, 3.8) is 0 Å². The van der Waals surface area contributed by atoms with E-state index in [-0.39, 0.29) is 22.9 Å². The molecule has 28 heavy (non-hydrogen) atoms. The number of halogens is 1. The van der Waals surface area contributed by atoms with Crippen molar-refractivity contribution in [3.05, 3.63) is 83.1 Å². The molecule has 0 aliphatic heterocycles. The number of rotatable bonds is 5. The van der Waals surface area contributed by atoms with Gasteiger partial charge in [-0.05, 0) is 35.9 Å². The lowest BCUT2D eigenvalue weighted by molar-refractivity contribution is -0.121. The minimum absolute atomic E-state index is 0.0229. The average Bonchev–Trinajstić information content (AvgIpc) is 2.70. The van der Waals surface area contributed by atoms with Gasteiger partial charge in [-0.1, -0.05) is 35.9 Å². The lowest BCUT2D eigenvalue weighted by Crippen LogP contribution is -2.42. The zero-order valence-electron chi connectivity index (χ0n) is 14.6. The molecular weight excluding hydrogens is 382 g/mol. The first-order chi connectivity index (χ1) is 13.5. The number of phenols is 1. The van der Waals surface area contributed by atoms with Gasteiger partial charge in [-0.25, -0.2) is 0 Å². The van der Waals surface area contributed by atoms with Gasteiger partial charge in [0.1, 0.15) is 22.9 Å². The number of pyridine rings is 1. The molecule has 0 radical (unpaired) electrons. The van der Waals surface area contributed by atoms with Crippen LogP contribution in [0.3, 0.4) is 0 Å². The fourth-order valence-corrected chi connectivity index (χ4v) is 2.51. The van der Waals surface area contributed by atoms with Crippen molar-refractivity contribution >= 4 is 23.4 Å². The number of hydrogen-bond donors (Lipinski definition) is 3. The molecule has 3 aromatic rings. The summed E-state index contributed by atoms with van der Waals surface area (Å²) in [5.41, 5.74) is 5.28. The highest BCUT2D eigenvalue weighted by atomic mass is 35.5. The van der Waals surface area contributed by atoms with Crippen LogP contribution < -0.4 is 15.6 Å². The van der Waals surface area contributed by atoms with Crippen molar-refractivity contribution in [2.24, 2.45) is 0 Å². The van der Waals surface area contributed by atoms with E-state index in [1.165, 1.54) is 24.4 Å². The molecule has 0 saturated heterocycles. The summed E-state index contributed by atoms with van der Waals surface area (Å²) in [5, 5.41) is 9.54. The number of amides is 2. The van der Waals surface area contributed by atoms with Gasteiger partial charge < -0.3 is 9.84 Å². The van der Waals surface area contributed by atoms with Crippen LogP contribution in [-0.4, -0.2) is 21.9 Å². The Balaban J connectivity index is 1.56. The first-order valence-electron chi connectivity index (χ1n) is 8.27. The largest absolute Gasteiger partial charge is 0.506 e. The van der Waals surface area contributed by atoms with Crippen molar-refractivity contribution < 1.29 is 19.4 Å². The minimum atomic E-state index is -0.587. The Morgan fingerprint density at radius 2 is 1.79 bits per heavy atom. The van der Waals surface area contributed by atoms with Gasteiger partial charge in [0.25, 0.3) is 5.91 Å². The minimum Gasteiger partial charge on any atom is -0.506 e. The Hall–Kier alpha value is -3.58. The highest BCUT2D eigenvalue weighted by Crippen LogP contribution is 2.24. The smallest absolute Gasteiger partial charge is 0.288 e. The molecular formula is C20H16ClN3O4. The van der Waals surface area contributed by atoms with Crippen LogP contribution >= 0.6 is 11.6 Å². The van der Waals surface area contributed by atoms with Crippen LogP contribution in [0.4, 0.5) is 0 Å². The second-order valence-corrected chi connectivity index (χ2v) is 6.16. The highest BCUT2D eigenvalue weighted by Gasteiger charge is 2.11. The molecule has 1 heterocycles. The van der Waals surface area contributed by atoms with Gasteiger partial charge >= 0.3 is 0 Å². The maximum absolute atomic E-state index is 12.2. The number of hydrogen-bond acceptors (Lipinski definition) is 5. The second kappa shape index (κ2) is 8.88. The third-order valence-corrected chi connectivity index (χ3v) is 3.94. The first kappa shape index (κ1) is 19.2. The van der Waals surface area contributed by atoms with Crippen molar-refractivity contribution in [1.29, 1.82) is 0 Å². The van der Waals surface area contributed by atoms with Crippen LogP contribution in [0.15, 0.2) is 66.9 Å². The summed E-state index contributed by atoms with van der Waals surface area (Å²) in [6.07, 6.45) is 1.41. The normalized spacial score (nSPS) is 10.2. The third-order valence-electron chi connectivity index (χ3n) is 3.64. The second-order valence-electron chi connectivity index (χ2n) is 5.76. The van der Waals surface area contributed by atoms with Crippen LogP contribution in [0.2, 0.25) is 5.02 Å². The molecule has 3 rings (SSSR count). The van der Waals surface area contributed by atoms with E-state index in [9.17, 15) is 14.7 Å². The van der Waals surface area contributed by atoms with E-state index in [0.717, 1.165) is 0 Å². The number of nitrogens with one attached hydrogen (secondary N) is 2. The maximum Gasteiger partial charge on any atom is 0.288 e. The molecule has 3 N–H and O–H groups in total. The van der Waals surface area contributed by atoms with Crippen molar-refractivity contribution in [2.45, 2.75) is 6.42 Å². The van der Waals surface area contributed by atoms with Gasteiger partial charge in [-0.2, -0.15) is 0 Å². The van der Waals surface area contributed by atoms with Gasteiger partial charge in [0, 0.05) is 12.3 Å². The van der Waals surface area contributed by atoms with E-state index in [0.29, 0.717) is 17.1 Å². The molecule has 0 saturated carbocycles. The van der Waals surface area contributed by atoms with E-state index in [1.54, 1.807) is 24.3 Å². The summed E-state index contributed by atoms with van der Waals surface area (Å²) >= 11 is 5.81. The van der Waals surface area contributed by atoms with Crippen LogP contribution in [0, 0.1) is 0 Å². The molecule has 142 valence electrons. The molecule has 0 fully saturated rings. The predicted octanol–water partition coefficient (Wildman–Crippen LogP) is 3.24. The van der Waals surface area contributed by atoms with Crippen molar-refractivity contribution in [2.75, 3.05) is 0 Å². The summed E-state index contributed by atoms with van der Waals surface area (Å²) in [4.78, 5) is 28.2. The fraction of sp³-hybridized carbons (Fsp3) is 0.0500. The SMILES string of the molecule is O=C(Cc1ccc(O)c(Cl)c1)NNC(=O)c1cc(Oc2ccccc2)ccn1. The summed E-state index contributed by atoms with van der Waals surface area (Å²) in [6, 6.07) is 16.6. The van der Waals surface area contributed by atoms with Gasteiger partial charge in [-0.3, -0.25) is 25.4 Å². The molecule has 1 aromatic heterocycles. The quantitative estimate of drug-likeness (QED) is 0.574. The van der Waals surface area contributed by atoms with E-state index < -0.39 is 11.8 Å². The number of para-hydroxylation sites is 1. The number of phenolic OH excluding ortho intramolecular Hbond substituents is 1. The Kier molecular flexibility index (Phi) is 6.08. The molecule has 8 heteroatoms. The third kappa shape index (κ3) is 5.21. The lowest BCUT2D eigenvalue weighted by atomic mass is 10.1. The molecule has 0 unspecified atom stereocenters. The van der Waals surface area contributed by atoms with E-state index in [2.05, 4.69) is 15.8 Å². The molecule has 0 spiro atoms. The Morgan fingerprint density at radius 1 is 1.00 bits per heavy atom. The van der Waals surface area contributed by atoms with E-state index in [1.807, 2.05) is 18.2 Å². The molecule has 0 bridgehead atoms. The predicted molar refractivity (Wildman–Crippen MR) is 103 cm³/mol. The van der Waals surface area contributed by atoms with Crippen LogP contribution in [-0.2, 0) is 11.2 Å². The topological polar surface area (TPSA) is 101 Å². The van der Waals surface area contributed by atoms with Gasteiger partial charge in [0.15, 0.2) is 0 Å². The summed E-state index contributed by atoms with van der Waals surface area (Å²) < 4.78 is 5.65. The summed E-state index contributed by atoms with van der Waals surface area (Å²) in [5.74, 6) is -0.0393. The number of hydrazine groups is 1. The number of carbonyl (C=O) groups is 2. The zero-order chi connectivity index (χ0) is 19.9. The van der Waals surface area contributed by atoms with E-state index in [4.69, 9.17) is 16.3 Å². The molecule has 0 atom stereocenters. The molecule has 2 amide bonds. The Morgan fingerprint density at radius 3 is 2.54 bits per heavy atom.